The standard InChI is InChI=1S/C52H88NO7P/c1-6-8-10-12-14-16-18-20-22-24-25-26-27-28-30-32-34-36-38-40-42-44-47-57-49-51(50-59-61(55,56)58-48-46-53(3,4)5)60-52(54)45-43-41-39-37-35-33-31-29-23-21-19-17-15-13-11-9-7-2/h8-11,14-17,20-23,25-26,31,33,37,39,51H,6-7,12-13,18-19,24,27-30,32,34-36,38,40-50H2,1-5H3/b10-8-,11-9-,16-14-,17-15-,22-20-,23-21-,26-25-,33-31-,39-37-. The van der Waals surface area contributed by atoms with Gasteiger partial charge in [0.25, 0.3) is 7.82 Å². The van der Waals surface area contributed by atoms with E-state index in [0.717, 1.165) is 89.9 Å². The maximum Gasteiger partial charge on any atom is 0.306 e. The van der Waals surface area contributed by atoms with Crippen LogP contribution in [0.3, 0.4) is 0 Å². The first kappa shape index (κ1) is 58.2. The summed E-state index contributed by atoms with van der Waals surface area (Å²) in [7, 11) is 1.30. The Morgan fingerprint density at radius 3 is 1.34 bits per heavy atom. The molecule has 0 radical (unpaired) electrons. The lowest BCUT2D eigenvalue weighted by molar-refractivity contribution is -0.870. The highest BCUT2D eigenvalue weighted by molar-refractivity contribution is 7.45. The highest BCUT2D eigenvalue weighted by Gasteiger charge is 2.20. The van der Waals surface area contributed by atoms with Gasteiger partial charge in [-0.15, -0.1) is 0 Å². The van der Waals surface area contributed by atoms with Crippen LogP contribution in [0.25, 0.3) is 0 Å². The Labute approximate surface area is 374 Å². The van der Waals surface area contributed by atoms with E-state index in [2.05, 4.69) is 123 Å². The summed E-state index contributed by atoms with van der Waals surface area (Å²) < 4.78 is 34.6. The molecule has 0 bridgehead atoms. The number of hydrogen-bond donors (Lipinski definition) is 0. The smallest absolute Gasteiger partial charge is 0.306 e. The van der Waals surface area contributed by atoms with E-state index in [1.54, 1.807) is 0 Å². The van der Waals surface area contributed by atoms with E-state index in [1.807, 2.05) is 21.1 Å². The van der Waals surface area contributed by atoms with Crippen molar-refractivity contribution in [3.8, 4) is 0 Å². The number of nitrogens with zero attached hydrogens (tertiary/aromatic N) is 1. The van der Waals surface area contributed by atoms with Crippen LogP contribution in [0, 0.1) is 0 Å². The van der Waals surface area contributed by atoms with Gasteiger partial charge < -0.3 is 27.9 Å². The number of phosphoric acid groups is 1. The average Bonchev–Trinajstić information content (AvgIpc) is 3.22. The minimum atomic E-state index is -4.55. The molecule has 0 aromatic carbocycles. The maximum absolute atomic E-state index is 12.7. The monoisotopic (exact) mass is 870 g/mol. The lowest BCUT2D eigenvalue weighted by atomic mass is 10.1. The second-order valence-corrected chi connectivity index (χ2v) is 17.8. The minimum absolute atomic E-state index is 0.00765. The van der Waals surface area contributed by atoms with Gasteiger partial charge in [-0.1, -0.05) is 168 Å². The number of unbranched alkanes of at least 4 members (excludes halogenated alkanes) is 10. The number of ether oxygens (including phenoxy) is 2. The zero-order valence-corrected chi connectivity index (χ0v) is 40.2. The molecule has 0 spiro atoms. The quantitative estimate of drug-likeness (QED) is 0.0198. The minimum Gasteiger partial charge on any atom is -0.756 e. The zero-order valence-electron chi connectivity index (χ0n) is 39.3. The molecule has 0 fully saturated rings. The predicted octanol–water partition coefficient (Wildman–Crippen LogP) is 13.8. The number of carbonyl (C=O) groups is 1. The molecular weight excluding hydrogens is 782 g/mol. The molecule has 2 unspecified atom stereocenters. The molecule has 0 aliphatic heterocycles. The van der Waals surface area contributed by atoms with Crippen LogP contribution < -0.4 is 4.89 Å². The Kier molecular flexibility index (Phi) is 41.8. The molecule has 0 aliphatic carbocycles. The van der Waals surface area contributed by atoms with Crippen LogP contribution in [0.4, 0.5) is 0 Å². The molecule has 0 heterocycles. The van der Waals surface area contributed by atoms with Crippen molar-refractivity contribution in [2.75, 3.05) is 54.1 Å². The van der Waals surface area contributed by atoms with Crippen LogP contribution in [0.1, 0.15) is 155 Å². The van der Waals surface area contributed by atoms with Crippen molar-refractivity contribution in [2.45, 2.75) is 161 Å². The Bertz CT molecular complexity index is 1340. The molecule has 9 heteroatoms. The van der Waals surface area contributed by atoms with Crippen LogP contribution in [0.5, 0.6) is 0 Å². The second-order valence-electron chi connectivity index (χ2n) is 16.3. The van der Waals surface area contributed by atoms with Crippen molar-refractivity contribution in [2.24, 2.45) is 0 Å². The highest BCUT2D eigenvalue weighted by Crippen LogP contribution is 2.38. The topological polar surface area (TPSA) is 94.1 Å². The number of quaternary nitrogens is 1. The van der Waals surface area contributed by atoms with E-state index >= 15 is 0 Å². The van der Waals surface area contributed by atoms with Crippen molar-refractivity contribution < 1.29 is 37.3 Å². The van der Waals surface area contributed by atoms with Gasteiger partial charge in [0.05, 0.1) is 34.4 Å². The van der Waals surface area contributed by atoms with Crippen molar-refractivity contribution in [3.63, 3.8) is 0 Å². The lowest BCUT2D eigenvalue weighted by Gasteiger charge is -2.28. The van der Waals surface area contributed by atoms with Crippen LogP contribution in [-0.4, -0.2) is 70.7 Å². The summed E-state index contributed by atoms with van der Waals surface area (Å²) >= 11 is 0. The largest absolute Gasteiger partial charge is 0.756 e. The van der Waals surface area contributed by atoms with Gasteiger partial charge in [-0.05, 0) is 89.9 Å². The molecule has 2 atom stereocenters. The van der Waals surface area contributed by atoms with Crippen molar-refractivity contribution in [1.82, 2.24) is 0 Å². The third-order valence-corrected chi connectivity index (χ3v) is 10.3. The van der Waals surface area contributed by atoms with Gasteiger partial charge in [0, 0.05) is 13.0 Å². The van der Waals surface area contributed by atoms with Crippen LogP contribution in [0.15, 0.2) is 109 Å². The summed E-state index contributed by atoms with van der Waals surface area (Å²) in [4.78, 5) is 25.1. The number of likely N-dealkylation sites (N-methyl/N-ethyl adjacent to an activating group) is 1. The fourth-order valence-corrected chi connectivity index (χ4v) is 6.48. The van der Waals surface area contributed by atoms with E-state index in [1.165, 1.54) is 38.5 Å². The van der Waals surface area contributed by atoms with Gasteiger partial charge in [0.2, 0.25) is 0 Å². The molecule has 0 N–H and O–H groups in total. The zero-order chi connectivity index (χ0) is 44.8. The van der Waals surface area contributed by atoms with E-state index in [0.29, 0.717) is 24.1 Å². The SMILES string of the molecule is CC/C=C\C/C=C\C/C=C\C/C=C\C/C=C\CCCC(=O)OC(COCCCCCCCCCCC/C=C\C/C=C\C/C=C\C/C=C\CC)COP(=O)([O-])OCC[N+](C)(C)C. The van der Waals surface area contributed by atoms with Gasteiger partial charge >= 0.3 is 5.97 Å². The molecular formula is C52H88NO7P. The Balaban J connectivity index is 4.30. The molecule has 0 saturated carbocycles. The van der Waals surface area contributed by atoms with Gasteiger partial charge in [0.1, 0.15) is 19.3 Å². The third-order valence-electron chi connectivity index (χ3n) is 9.32. The molecule has 0 rings (SSSR count). The fourth-order valence-electron chi connectivity index (χ4n) is 5.75. The average molecular weight is 870 g/mol. The molecule has 0 amide bonds. The molecule has 0 saturated heterocycles. The van der Waals surface area contributed by atoms with Crippen molar-refractivity contribution >= 4 is 13.8 Å². The summed E-state index contributed by atoms with van der Waals surface area (Å²) in [5, 5.41) is 0. The van der Waals surface area contributed by atoms with Crippen LogP contribution in [0.2, 0.25) is 0 Å². The van der Waals surface area contributed by atoms with Crippen molar-refractivity contribution in [3.05, 3.63) is 109 Å². The molecule has 0 aliphatic rings. The molecule has 348 valence electrons. The van der Waals surface area contributed by atoms with E-state index in [9.17, 15) is 14.3 Å². The van der Waals surface area contributed by atoms with Crippen LogP contribution in [-0.2, 0) is 27.9 Å². The fraction of sp³-hybridized carbons (Fsp3) is 0.635. The van der Waals surface area contributed by atoms with Gasteiger partial charge in [0.15, 0.2) is 0 Å². The van der Waals surface area contributed by atoms with Gasteiger partial charge in [-0.3, -0.25) is 9.36 Å². The summed E-state index contributed by atoms with van der Waals surface area (Å²) in [5.74, 6) is -0.397. The Hall–Kier alpha value is -2.84. The summed E-state index contributed by atoms with van der Waals surface area (Å²) in [6.45, 7) is 5.06. The maximum atomic E-state index is 12.7. The third kappa shape index (κ3) is 48.1. The number of hydrogen-bond acceptors (Lipinski definition) is 7. The second kappa shape index (κ2) is 43.8. The van der Waals surface area contributed by atoms with E-state index in [4.69, 9.17) is 18.5 Å². The molecule has 8 nitrogen and oxygen atoms in total. The number of esters is 1. The number of carbonyl (C=O) groups excluding carboxylic acids is 1. The summed E-state index contributed by atoms with van der Waals surface area (Å²) in [6, 6.07) is 0. The van der Waals surface area contributed by atoms with Gasteiger partial charge in [-0.25, -0.2) is 0 Å². The Morgan fingerprint density at radius 2 is 0.902 bits per heavy atom. The van der Waals surface area contributed by atoms with E-state index < -0.39 is 19.9 Å². The first-order valence-corrected chi connectivity index (χ1v) is 25.1. The van der Waals surface area contributed by atoms with E-state index in [-0.39, 0.29) is 26.2 Å². The summed E-state index contributed by atoms with van der Waals surface area (Å²) in [5.41, 5.74) is 0. The predicted molar refractivity (Wildman–Crippen MR) is 258 cm³/mol. The molecule has 0 aromatic heterocycles. The lowest BCUT2D eigenvalue weighted by Crippen LogP contribution is -2.37. The van der Waals surface area contributed by atoms with Crippen molar-refractivity contribution in [1.29, 1.82) is 0 Å². The number of rotatable bonds is 42. The number of phosphoric ester groups is 1. The normalized spacial score (nSPS) is 14.7. The summed E-state index contributed by atoms with van der Waals surface area (Å²) in [6.07, 6.45) is 61.2. The highest BCUT2D eigenvalue weighted by atomic mass is 31.2. The molecule has 0 aromatic rings. The first-order chi connectivity index (χ1) is 29.6. The molecule has 61 heavy (non-hydrogen) atoms. The number of allylic oxidation sites excluding steroid dienone is 18. The first-order valence-electron chi connectivity index (χ1n) is 23.6. The van der Waals surface area contributed by atoms with Gasteiger partial charge in [-0.2, -0.15) is 0 Å². The Morgan fingerprint density at radius 1 is 0.508 bits per heavy atom. The van der Waals surface area contributed by atoms with Crippen LogP contribution >= 0.6 is 7.82 Å².